The highest BCUT2D eigenvalue weighted by molar-refractivity contribution is 5.47. The molecule has 2 heteroatoms. The van der Waals surface area contributed by atoms with E-state index in [1.807, 2.05) is 30.6 Å². The van der Waals surface area contributed by atoms with Gasteiger partial charge in [0.2, 0.25) is 6.54 Å². The SMILES string of the molecule is O=[C]C[n+]1ccccc1. The monoisotopic (exact) mass is 121 g/mol. The number of aromatic nitrogens is 1. The van der Waals surface area contributed by atoms with Gasteiger partial charge in [-0.15, -0.1) is 0 Å². The predicted octanol–water partition coefficient (Wildman–Crippen LogP) is 0.0838. The predicted molar refractivity (Wildman–Crippen MR) is 32.3 cm³/mol. The molecule has 0 saturated carbocycles. The summed E-state index contributed by atoms with van der Waals surface area (Å²) in [6.07, 6.45) is 5.45. The molecule has 0 aromatic carbocycles. The molecule has 0 aliphatic rings. The fourth-order valence-electron chi connectivity index (χ4n) is 0.614. The molecule has 1 heterocycles. The van der Waals surface area contributed by atoms with Gasteiger partial charge in [-0.1, -0.05) is 6.07 Å². The van der Waals surface area contributed by atoms with Crippen molar-refractivity contribution in [2.24, 2.45) is 0 Å². The van der Waals surface area contributed by atoms with Crippen molar-refractivity contribution < 1.29 is 9.36 Å². The van der Waals surface area contributed by atoms with E-state index in [0.717, 1.165) is 0 Å². The Morgan fingerprint density at radius 1 is 1.22 bits per heavy atom. The lowest BCUT2D eigenvalue weighted by atomic mass is 10.5. The Bertz CT molecular complexity index is 183. The smallest absolute Gasteiger partial charge is 0.269 e. The summed E-state index contributed by atoms with van der Waals surface area (Å²) in [5, 5.41) is 0. The average molecular weight is 121 g/mol. The third kappa shape index (κ3) is 1.64. The number of hydrogen-bond acceptors (Lipinski definition) is 1. The van der Waals surface area contributed by atoms with E-state index < -0.39 is 0 Å². The van der Waals surface area contributed by atoms with Crippen LogP contribution >= 0.6 is 0 Å². The fourth-order valence-corrected chi connectivity index (χ4v) is 0.614. The van der Waals surface area contributed by atoms with Crippen molar-refractivity contribution in [3.8, 4) is 0 Å². The molecule has 0 fully saturated rings. The van der Waals surface area contributed by atoms with Gasteiger partial charge in [-0.3, -0.25) is 4.79 Å². The minimum absolute atomic E-state index is 0.320. The first-order valence-corrected chi connectivity index (χ1v) is 2.72. The van der Waals surface area contributed by atoms with Crippen molar-refractivity contribution in [1.29, 1.82) is 0 Å². The van der Waals surface area contributed by atoms with Crippen LogP contribution in [0.4, 0.5) is 0 Å². The molecule has 0 aliphatic carbocycles. The maximum atomic E-state index is 9.83. The van der Waals surface area contributed by atoms with Gasteiger partial charge in [-0.2, -0.15) is 4.57 Å². The van der Waals surface area contributed by atoms with Gasteiger partial charge in [-0.05, 0) is 0 Å². The van der Waals surface area contributed by atoms with Crippen LogP contribution in [-0.2, 0) is 11.3 Å². The first-order valence-electron chi connectivity index (χ1n) is 2.72. The van der Waals surface area contributed by atoms with Crippen LogP contribution in [0.15, 0.2) is 30.6 Å². The quantitative estimate of drug-likeness (QED) is 0.508. The van der Waals surface area contributed by atoms with E-state index in [2.05, 4.69) is 0 Å². The topological polar surface area (TPSA) is 20.9 Å². The van der Waals surface area contributed by atoms with Crippen molar-refractivity contribution in [1.82, 2.24) is 0 Å². The van der Waals surface area contributed by atoms with Crippen LogP contribution in [0.3, 0.4) is 0 Å². The summed E-state index contributed by atoms with van der Waals surface area (Å²) in [7, 11) is 0. The largest absolute Gasteiger partial charge is 0.283 e. The van der Waals surface area contributed by atoms with Crippen LogP contribution in [0.5, 0.6) is 0 Å². The molecule has 9 heavy (non-hydrogen) atoms. The van der Waals surface area contributed by atoms with E-state index in [1.165, 1.54) is 0 Å². The molecule has 0 bridgehead atoms. The van der Waals surface area contributed by atoms with Gasteiger partial charge in [-0.25, -0.2) is 0 Å². The molecule has 1 aromatic rings. The van der Waals surface area contributed by atoms with Gasteiger partial charge < -0.3 is 0 Å². The summed E-state index contributed by atoms with van der Waals surface area (Å²) >= 11 is 0. The molecule has 45 valence electrons. The summed E-state index contributed by atoms with van der Waals surface area (Å²) in [6.45, 7) is 0.320. The maximum Gasteiger partial charge on any atom is 0.269 e. The van der Waals surface area contributed by atoms with Crippen LogP contribution in [0.25, 0.3) is 0 Å². The molecule has 0 spiro atoms. The summed E-state index contributed by atoms with van der Waals surface area (Å²) < 4.78 is 1.76. The van der Waals surface area contributed by atoms with Gasteiger partial charge in [0.25, 0.3) is 6.29 Å². The minimum atomic E-state index is 0.320. The lowest BCUT2D eigenvalue weighted by molar-refractivity contribution is -0.681. The molecule has 0 unspecified atom stereocenters. The number of pyridine rings is 1. The molecular weight excluding hydrogens is 114 g/mol. The van der Waals surface area contributed by atoms with E-state index in [0.29, 0.717) is 6.54 Å². The number of rotatable bonds is 2. The second-order valence-corrected chi connectivity index (χ2v) is 1.69. The minimum Gasteiger partial charge on any atom is -0.283 e. The normalized spacial score (nSPS) is 8.89. The Hall–Kier alpha value is -1.18. The van der Waals surface area contributed by atoms with Crippen molar-refractivity contribution in [2.75, 3.05) is 0 Å². The Balaban J connectivity index is 2.72. The highest BCUT2D eigenvalue weighted by Gasteiger charge is 1.92. The maximum absolute atomic E-state index is 9.83. The van der Waals surface area contributed by atoms with Crippen molar-refractivity contribution in [3.63, 3.8) is 0 Å². The highest BCUT2D eigenvalue weighted by Crippen LogP contribution is 1.74. The second-order valence-electron chi connectivity index (χ2n) is 1.69. The summed E-state index contributed by atoms with van der Waals surface area (Å²) in [6, 6.07) is 5.65. The van der Waals surface area contributed by atoms with Gasteiger partial charge in [0.15, 0.2) is 12.4 Å². The molecule has 1 aromatic heterocycles. The Labute approximate surface area is 53.8 Å². The molecule has 0 saturated heterocycles. The molecule has 0 N–H and O–H groups in total. The fraction of sp³-hybridized carbons (Fsp3) is 0.143. The molecule has 2 nitrogen and oxygen atoms in total. The zero-order chi connectivity index (χ0) is 6.53. The highest BCUT2D eigenvalue weighted by atomic mass is 16.1. The third-order valence-corrected chi connectivity index (χ3v) is 1.02. The van der Waals surface area contributed by atoms with Crippen molar-refractivity contribution >= 4 is 6.29 Å². The molecular formula is C7H7NO+. The zero-order valence-electron chi connectivity index (χ0n) is 4.95. The van der Waals surface area contributed by atoms with Crippen molar-refractivity contribution in [2.45, 2.75) is 6.54 Å². The average Bonchev–Trinajstić information content (AvgIpc) is 1.91. The van der Waals surface area contributed by atoms with Crippen LogP contribution in [-0.4, -0.2) is 6.29 Å². The van der Waals surface area contributed by atoms with E-state index in [-0.39, 0.29) is 0 Å². The van der Waals surface area contributed by atoms with Crippen molar-refractivity contribution in [3.05, 3.63) is 30.6 Å². The third-order valence-electron chi connectivity index (χ3n) is 1.02. The standard InChI is InChI=1S/C7H7NO/c9-7-6-8-4-2-1-3-5-8/h1-5H,6H2/q+1. The Morgan fingerprint density at radius 2 is 1.89 bits per heavy atom. The molecule has 0 amide bonds. The summed E-state index contributed by atoms with van der Waals surface area (Å²) in [5.74, 6) is 0. The Morgan fingerprint density at radius 3 is 2.44 bits per heavy atom. The lowest BCUT2D eigenvalue weighted by Gasteiger charge is -1.83. The van der Waals surface area contributed by atoms with Crippen LogP contribution in [0, 0.1) is 0 Å². The van der Waals surface area contributed by atoms with Gasteiger partial charge in [0.05, 0.1) is 0 Å². The van der Waals surface area contributed by atoms with E-state index in [9.17, 15) is 4.79 Å². The van der Waals surface area contributed by atoms with Gasteiger partial charge >= 0.3 is 0 Å². The van der Waals surface area contributed by atoms with E-state index >= 15 is 0 Å². The lowest BCUT2D eigenvalue weighted by Crippen LogP contribution is -2.32. The number of carbonyl (C=O) groups excluding carboxylic acids is 1. The van der Waals surface area contributed by atoms with Crippen LogP contribution < -0.4 is 4.57 Å². The molecule has 1 rings (SSSR count). The molecule has 1 radical (unpaired) electrons. The molecule has 0 atom stereocenters. The van der Waals surface area contributed by atoms with Gasteiger partial charge in [0, 0.05) is 12.1 Å². The summed E-state index contributed by atoms with van der Waals surface area (Å²) in [5.41, 5.74) is 0. The number of nitrogens with zero attached hydrogens (tertiary/aromatic N) is 1. The Kier molecular flexibility index (Phi) is 1.96. The first kappa shape index (κ1) is 5.95. The first-order chi connectivity index (χ1) is 4.43. The van der Waals surface area contributed by atoms with Crippen LogP contribution in [0.1, 0.15) is 0 Å². The van der Waals surface area contributed by atoms with E-state index in [1.54, 1.807) is 10.9 Å². The van der Waals surface area contributed by atoms with E-state index in [4.69, 9.17) is 0 Å². The van der Waals surface area contributed by atoms with Gasteiger partial charge in [0.1, 0.15) is 0 Å². The van der Waals surface area contributed by atoms with Crippen LogP contribution in [0.2, 0.25) is 0 Å². The number of hydrogen-bond donors (Lipinski definition) is 0. The summed E-state index contributed by atoms with van der Waals surface area (Å²) in [4.78, 5) is 9.83. The molecule has 0 aliphatic heterocycles. The zero-order valence-corrected chi connectivity index (χ0v) is 4.95. The second kappa shape index (κ2) is 2.97.